The molecule has 2 saturated heterocycles. The molecule has 8 aliphatic carbocycles. The summed E-state index contributed by atoms with van der Waals surface area (Å²) in [6.45, 7) is -5.83. The molecular weight excluding hydrogens is 984 g/mol. The minimum absolute atomic E-state index is 1.06. The van der Waals surface area contributed by atoms with E-state index in [-0.39, 0.29) is 0 Å². The summed E-state index contributed by atoms with van der Waals surface area (Å²) in [5.41, 5.74) is 8.48. The summed E-state index contributed by atoms with van der Waals surface area (Å²) in [6, 6.07) is 0. The molecule has 0 aromatic carbocycles. The van der Waals surface area contributed by atoms with Crippen molar-refractivity contribution in [1.82, 2.24) is 9.72 Å². The van der Waals surface area contributed by atoms with Gasteiger partial charge in [-0.15, -0.1) is 0 Å². The third-order valence-corrected chi connectivity index (χ3v) is 141. The second-order valence-corrected chi connectivity index (χ2v) is 84.4. The van der Waals surface area contributed by atoms with Crippen molar-refractivity contribution >= 4 is 73.6 Å². The van der Waals surface area contributed by atoms with Crippen LogP contribution in [0.2, 0.25) is 0 Å². The quantitative estimate of drug-likeness (QED) is 0.186. The molecule has 8 saturated carbocycles. The van der Waals surface area contributed by atoms with E-state index in [2.05, 4.69) is 34.4 Å². The predicted molar refractivity (Wildman–Crippen MR) is 285 cm³/mol. The van der Waals surface area contributed by atoms with Crippen molar-refractivity contribution < 1.29 is 0 Å². The monoisotopic (exact) mass is 1080 g/mol. The van der Waals surface area contributed by atoms with Gasteiger partial charge in [0.05, 0.1) is 0 Å². The Kier molecular flexibility index (Phi) is 16.7. The average Bonchev–Trinajstić information content (AvgIpc) is 3.33. The Bertz CT molecular complexity index is 1060. The summed E-state index contributed by atoms with van der Waals surface area (Å²) in [5.74, 6) is 0. The fraction of sp³-hybridized carbons (Fsp3) is 1.00. The maximum atomic E-state index is 5.58. The molecule has 10 rings (SSSR count). The van der Waals surface area contributed by atoms with Crippen LogP contribution in [0.5, 0.6) is 0 Å². The van der Waals surface area contributed by atoms with Crippen molar-refractivity contribution in [2.24, 2.45) is 0 Å². The van der Waals surface area contributed by atoms with Crippen LogP contribution in [-0.2, 0) is 0 Å². The van der Waals surface area contributed by atoms with Crippen molar-refractivity contribution in [3.05, 3.63) is 0 Å². The van der Waals surface area contributed by atoms with Gasteiger partial charge in [0.25, 0.3) is 0 Å². The fourth-order valence-electron chi connectivity index (χ4n) is 15.3. The summed E-state index contributed by atoms with van der Waals surface area (Å²) in [6.07, 6.45) is 63.3. The van der Waals surface area contributed by atoms with E-state index in [0.29, 0.717) is 0 Å². The molecule has 0 atom stereocenters. The summed E-state index contributed by atoms with van der Waals surface area (Å²) in [7, 11) is 12.5. The summed E-state index contributed by atoms with van der Waals surface area (Å²) < 4.78 is 0. The molecule has 1 spiro atoms. The SMILES string of the molecule is C1CCC([P+]2(C3CCCCC3)N[P+](C3CCCCC3)(C3CCCCC3)S[Te]3(S2)S[P+](C2CCCCC2)(C2CCCCC2)N[P+](C2CCCCC2)(C2CCCCC2)S3)CC1. The van der Waals surface area contributed by atoms with Crippen molar-refractivity contribution in [3.8, 4) is 0 Å². The molecule has 0 radical (unpaired) electrons. The van der Waals surface area contributed by atoms with Crippen LogP contribution in [0.4, 0.5) is 0 Å². The fourth-order valence-corrected chi connectivity index (χ4v) is 241. The molecule has 59 heavy (non-hydrogen) atoms. The topological polar surface area (TPSA) is 24.1 Å². The van der Waals surface area contributed by atoms with Crippen LogP contribution in [0.15, 0.2) is 0 Å². The zero-order valence-electron chi connectivity index (χ0n) is 37.7. The second kappa shape index (κ2) is 21.2. The second-order valence-electron chi connectivity index (χ2n) is 22.1. The van der Waals surface area contributed by atoms with E-state index in [1.165, 1.54) is 0 Å². The van der Waals surface area contributed by atoms with Gasteiger partial charge in [-0.3, -0.25) is 0 Å². The maximum absolute atomic E-state index is 5.58. The molecule has 10 fully saturated rings. The van der Waals surface area contributed by atoms with E-state index in [1.54, 1.807) is 257 Å². The first-order chi connectivity index (χ1) is 29.1. The Morgan fingerprint density at radius 3 is 0.492 bits per heavy atom. The van der Waals surface area contributed by atoms with Gasteiger partial charge >= 0.3 is 385 Å². The normalized spacial score (nSPS) is 34.7. The van der Waals surface area contributed by atoms with Crippen LogP contribution < -0.4 is 9.72 Å². The molecule has 0 amide bonds. The Morgan fingerprint density at radius 2 is 0.356 bits per heavy atom. The molecule has 2 aliphatic heterocycles. The molecule has 2 N–H and O–H groups in total. The van der Waals surface area contributed by atoms with Gasteiger partial charge in [-0.05, 0) is 0 Å². The first-order valence-electron chi connectivity index (χ1n) is 26.9. The molecule has 0 aromatic heterocycles. The molecule has 0 aromatic rings. The van der Waals surface area contributed by atoms with Gasteiger partial charge in [0, 0.05) is 0 Å². The van der Waals surface area contributed by atoms with Gasteiger partial charge in [-0.1, -0.05) is 0 Å². The molecule has 10 aliphatic rings. The predicted octanol–water partition coefficient (Wildman–Crippen LogP) is 19.6. The molecular formula is C48H90N2P4S4Te+4. The number of nitrogens with one attached hydrogen (secondary N) is 2. The third-order valence-electron chi connectivity index (χ3n) is 18.4. The van der Waals surface area contributed by atoms with E-state index in [1.807, 2.05) is 0 Å². The van der Waals surface area contributed by atoms with Crippen molar-refractivity contribution in [3.63, 3.8) is 0 Å². The van der Waals surface area contributed by atoms with Gasteiger partial charge in [-0.2, -0.15) is 0 Å². The van der Waals surface area contributed by atoms with Crippen LogP contribution >= 0.6 is 60.9 Å². The zero-order chi connectivity index (χ0) is 39.6. The summed E-state index contributed by atoms with van der Waals surface area (Å²) >= 11 is -2.93. The van der Waals surface area contributed by atoms with Crippen LogP contribution in [0.3, 0.4) is 0 Å². The molecule has 0 bridgehead atoms. The third kappa shape index (κ3) is 9.60. The first kappa shape index (κ1) is 46.6. The van der Waals surface area contributed by atoms with E-state index in [4.69, 9.17) is 9.72 Å². The van der Waals surface area contributed by atoms with Gasteiger partial charge in [0.1, 0.15) is 0 Å². The molecule has 11 heteroatoms. The van der Waals surface area contributed by atoms with Crippen LogP contribution in [0, 0.1) is 0 Å². The summed E-state index contributed by atoms with van der Waals surface area (Å²) in [5, 5.41) is 0. The van der Waals surface area contributed by atoms with E-state index in [9.17, 15) is 0 Å². The van der Waals surface area contributed by atoms with E-state index < -0.39 is 39.1 Å². The average molecular weight is 1080 g/mol. The van der Waals surface area contributed by atoms with E-state index in [0.717, 1.165) is 45.3 Å². The summed E-state index contributed by atoms with van der Waals surface area (Å²) in [4.78, 5) is 11.2. The molecule has 2 heterocycles. The van der Waals surface area contributed by atoms with E-state index >= 15 is 0 Å². The minimum atomic E-state index is -2.93. The van der Waals surface area contributed by atoms with Crippen LogP contribution in [-0.4, -0.2) is 58.0 Å². The number of hydrogen-bond acceptors (Lipinski definition) is 6. The van der Waals surface area contributed by atoms with Crippen LogP contribution in [0.1, 0.15) is 257 Å². The van der Waals surface area contributed by atoms with Crippen molar-refractivity contribution in [1.29, 1.82) is 0 Å². The Hall–Kier alpha value is 3.83. The van der Waals surface area contributed by atoms with Gasteiger partial charge in [-0.25, -0.2) is 0 Å². The van der Waals surface area contributed by atoms with Crippen LogP contribution in [0.25, 0.3) is 0 Å². The van der Waals surface area contributed by atoms with Gasteiger partial charge in [0.2, 0.25) is 0 Å². The van der Waals surface area contributed by atoms with Crippen molar-refractivity contribution in [2.75, 3.05) is 0 Å². The molecule has 338 valence electrons. The zero-order valence-corrected chi connectivity index (χ0v) is 46.9. The van der Waals surface area contributed by atoms with Gasteiger partial charge < -0.3 is 0 Å². The Morgan fingerprint density at radius 1 is 0.220 bits per heavy atom. The Balaban J connectivity index is 1.21. The number of hydrogen-bond donors (Lipinski definition) is 2. The number of rotatable bonds is 8. The molecule has 2 nitrogen and oxygen atoms in total. The Labute approximate surface area is 381 Å². The first-order valence-corrected chi connectivity index (χ1v) is 51.4. The molecule has 0 unspecified atom stereocenters. The standard InChI is InChI=1S/C48H90N2P4S4Te/c1-9-25-41(26-10-1)51(42-27-11-2-12-28-42)49-52(43-29-13-3-14-30-43,44-31-15-4-16-32-44)56-59(55-51)57-53(45-33-17-5-18-34-45,46-35-19-6-20-36-46)50-54(58-59,47-37-21-7-22-38-47)48-39-23-8-24-40-48/h41-50H,1-40H2/q+4. The van der Waals surface area contributed by atoms with Gasteiger partial charge in [0.15, 0.2) is 0 Å². The van der Waals surface area contributed by atoms with Crippen molar-refractivity contribution in [2.45, 2.75) is 302 Å².